The average Bonchev–Trinajstić information content (AvgIpc) is 3.15. The van der Waals surface area contributed by atoms with E-state index in [-0.39, 0.29) is 44.8 Å². The molecule has 0 radical (unpaired) electrons. The highest BCUT2D eigenvalue weighted by Crippen LogP contribution is 2.48. The summed E-state index contributed by atoms with van der Waals surface area (Å²) in [5, 5.41) is 0. The van der Waals surface area contributed by atoms with Gasteiger partial charge in [0.2, 0.25) is 0 Å². The maximum atomic E-state index is 16.6. The smallest absolute Gasteiger partial charge is 0.195 e. The summed E-state index contributed by atoms with van der Waals surface area (Å²) < 4.78 is 126. The molecule has 2 nitrogen and oxygen atoms in total. The van der Waals surface area contributed by atoms with Crippen LogP contribution in [0.5, 0.6) is 0 Å². The third-order valence-corrected chi connectivity index (χ3v) is 8.23. The van der Waals surface area contributed by atoms with Crippen molar-refractivity contribution in [3.8, 4) is 67.0 Å². The molecule has 0 unspecified atom stereocenters. The van der Waals surface area contributed by atoms with Crippen LogP contribution in [0, 0.1) is 46.5 Å². The Labute approximate surface area is 280 Å². The maximum absolute atomic E-state index is 16.6. The molecule has 0 saturated heterocycles. The van der Waals surface area contributed by atoms with Crippen LogP contribution in [-0.2, 0) is 0 Å². The van der Waals surface area contributed by atoms with Crippen molar-refractivity contribution in [1.29, 1.82) is 0 Å². The lowest BCUT2D eigenvalue weighted by molar-refractivity contribution is 0.439. The van der Waals surface area contributed by atoms with Crippen LogP contribution in [0.4, 0.5) is 35.1 Å². The predicted molar refractivity (Wildman–Crippen MR) is 174 cm³/mol. The Kier molecular flexibility index (Phi) is 8.45. The Morgan fingerprint density at radius 1 is 0.300 bits per heavy atom. The molecule has 7 aromatic rings. The number of halogens is 8. The maximum Gasteiger partial charge on any atom is 0.195 e. The zero-order valence-corrected chi connectivity index (χ0v) is 25.5. The highest BCUT2D eigenvalue weighted by Gasteiger charge is 2.33. The summed E-state index contributed by atoms with van der Waals surface area (Å²) in [6.45, 7) is 0. The Bertz CT molecular complexity index is 2220. The second-order valence-electron chi connectivity index (χ2n) is 11.1. The number of nitrogens with zero attached hydrogens (tertiary/aromatic N) is 2. The van der Waals surface area contributed by atoms with E-state index >= 15 is 35.1 Å². The van der Waals surface area contributed by atoms with Crippen molar-refractivity contribution < 1.29 is 35.1 Å². The normalized spacial score (nSPS) is 11.2. The lowest BCUT2D eigenvalue weighted by atomic mass is 9.84. The first-order valence-corrected chi connectivity index (χ1v) is 15.0. The molecule has 246 valence electrons. The number of hydrogen-bond acceptors (Lipinski definition) is 2. The molecule has 2 aromatic heterocycles. The number of rotatable bonds is 6. The van der Waals surface area contributed by atoms with Crippen molar-refractivity contribution in [2.45, 2.75) is 0 Å². The van der Waals surface area contributed by atoms with Crippen LogP contribution >= 0.6 is 0 Å². The van der Waals surface area contributed by atoms with Crippen molar-refractivity contribution >= 4 is 0 Å². The second kappa shape index (κ2) is 13.0. The van der Waals surface area contributed by atoms with Crippen LogP contribution < -0.4 is 0 Å². The van der Waals surface area contributed by atoms with Gasteiger partial charge >= 0.3 is 0 Å². The van der Waals surface area contributed by atoms with Gasteiger partial charge in [0, 0.05) is 12.4 Å². The molecule has 0 bridgehead atoms. The average molecular weight is 681 g/mol. The van der Waals surface area contributed by atoms with Crippen molar-refractivity contribution in [1.82, 2.24) is 9.97 Å². The van der Waals surface area contributed by atoms with Gasteiger partial charge < -0.3 is 0 Å². The van der Waals surface area contributed by atoms with E-state index in [9.17, 15) is 0 Å². The van der Waals surface area contributed by atoms with Gasteiger partial charge in [-0.25, -0.2) is 35.1 Å². The Balaban J connectivity index is 1.64. The van der Waals surface area contributed by atoms with Gasteiger partial charge in [-0.2, -0.15) is 0 Å². The Hall–Kier alpha value is -6.16. The molecule has 0 amide bonds. The number of benzene rings is 5. The van der Waals surface area contributed by atoms with Crippen LogP contribution in [0.1, 0.15) is 0 Å². The van der Waals surface area contributed by atoms with E-state index in [2.05, 4.69) is 9.97 Å². The fourth-order valence-corrected chi connectivity index (χ4v) is 5.94. The first kappa shape index (κ1) is 32.4. The number of pyridine rings is 2. The molecule has 7 rings (SSSR count). The Morgan fingerprint density at radius 2 is 0.640 bits per heavy atom. The van der Waals surface area contributed by atoms with Gasteiger partial charge in [0.1, 0.15) is 11.6 Å². The van der Waals surface area contributed by atoms with Gasteiger partial charge in [0.25, 0.3) is 0 Å². The largest absolute Gasteiger partial charge is 0.256 e. The molecule has 0 aliphatic heterocycles. The van der Waals surface area contributed by atoms with Crippen molar-refractivity contribution in [2.24, 2.45) is 0 Å². The SMILES string of the molecule is Fc1c(F)c(-c2ccccn2)c(F)c(-c2cc(-c3ccccc3)c(-c3c(F)c(F)c(F)c(-c4ccccn4)c3F)cc2-c2ccccc2)c1F. The van der Waals surface area contributed by atoms with Crippen LogP contribution in [0.2, 0.25) is 0 Å². The topological polar surface area (TPSA) is 25.8 Å². The van der Waals surface area contributed by atoms with Crippen molar-refractivity contribution in [3.63, 3.8) is 0 Å². The summed E-state index contributed by atoms with van der Waals surface area (Å²) in [6.07, 6.45) is 2.44. The third kappa shape index (κ3) is 5.38. The van der Waals surface area contributed by atoms with Gasteiger partial charge in [-0.15, -0.1) is 0 Å². The Morgan fingerprint density at radius 3 is 0.980 bits per heavy atom. The summed E-state index contributed by atoms with van der Waals surface area (Å²) in [4.78, 5) is 7.84. The molecular weight excluding hydrogens is 660 g/mol. The summed E-state index contributed by atoms with van der Waals surface area (Å²) in [5.41, 5.74) is -4.91. The van der Waals surface area contributed by atoms with E-state index in [0.29, 0.717) is 0 Å². The molecule has 0 saturated carbocycles. The zero-order chi connectivity index (χ0) is 35.1. The van der Waals surface area contributed by atoms with Gasteiger partial charge in [0.15, 0.2) is 34.9 Å². The summed E-state index contributed by atoms with van der Waals surface area (Å²) in [6, 6.07) is 26.1. The summed E-state index contributed by atoms with van der Waals surface area (Å²) >= 11 is 0. The van der Waals surface area contributed by atoms with E-state index in [4.69, 9.17) is 0 Å². The quantitative estimate of drug-likeness (QED) is 0.0993. The third-order valence-electron chi connectivity index (χ3n) is 8.23. The fourth-order valence-electron chi connectivity index (χ4n) is 5.94. The first-order valence-electron chi connectivity index (χ1n) is 15.0. The van der Waals surface area contributed by atoms with E-state index in [1.54, 1.807) is 36.4 Å². The van der Waals surface area contributed by atoms with Crippen molar-refractivity contribution in [2.75, 3.05) is 0 Å². The molecule has 0 spiro atoms. The molecule has 0 aliphatic carbocycles. The van der Waals surface area contributed by atoms with Gasteiger partial charge in [-0.3, -0.25) is 9.97 Å². The molecule has 0 atom stereocenters. The minimum absolute atomic E-state index is 0.0982. The van der Waals surface area contributed by atoms with E-state index in [0.717, 1.165) is 12.1 Å². The zero-order valence-electron chi connectivity index (χ0n) is 25.5. The predicted octanol–water partition coefficient (Wildman–Crippen LogP) is 11.6. The van der Waals surface area contributed by atoms with E-state index in [1.165, 1.54) is 73.1 Å². The van der Waals surface area contributed by atoms with Crippen molar-refractivity contribution in [3.05, 3.63) is 168 Å². The minimum Gasteiger partial charge on any atom is -0.256 e. The van der Waals surface area contributed by atoms with Crippen LogP contribution in [0.15, 0.2) is 122 Å². The summed E-state index contributed by atoms with van der Waals surface area (Å²) in [5.74, 6) is -14.3. The molecule has 0 aliphatic rings. The molecule has 2 heterocycles. The first-order chi connectivity index (χ1) is 24.2. The second-order valence-corrected chi connectivity index (χ2v) is 11.1. The van der Waals surface area contributed by atoms with Crippen LogP contribution in [0.25, 0.3) is 67.0 Å². The monoisotopic (exact) mass is 680 g/mol. The van der Waals surface area contributed by atoms with Gasteiger partial charge in [-0.1, -0.05) is 72.8 Å². The highest BCUT2D eigenvalue weighted by molar-refractivity contribution is 5.97. The van der Waals surface area contributed by atoms with Crippen LogP contribution in [-0.4, -0.2) is 9.97 Å². The highest BCUT2D eigenvalue weighted by atomic mass is 19.2. The van der Waals surface area contributed by atoms with Crippen LogP contribution in [0.3, 0.4) is 0 Å². The van der Waals surface area contributed by atoms with Gasteiger partial charge in [0.05, 0.1) is 33.6 Å². The molecule has 0 fully saturated rings. The number of aromatic nitrogens is 2. The summed E-state index contributed by atoms with van der Waals surface area (Å²) in [7, 11) is 0. The lowest BCUT2D eigenvalue weighted by Crippen LogP contribution is -2.07. The molecule has 5 aromatic carbocycles. The molecular formula is C40H20F8N2. The minimum atomic E-state index is -1.98. The van der Waals surface area contributed by atoms with E-state index < -0.39 is 68.8 Å². The number of hydrogen-bond donors (Lipinski definition) is 0. The fraction of sp³-hybridized carbons (Fsp3) is 0. The molecule has 0 N–H and O–H groups in total. The molecule has 10 heteroatoms. The standard InChI is InChI=1S/C40H20F8N2/c41-33-29(35(43)39(47)37(45)31(33)27-15-7-9-17-49-27)25-20-24(22-13-5-2-6-14-22)26(19-23(25)21-11-3-1-4-12-21)30-34(42)32(28-16-8-10-18-50-28)38(46)40(48)36(30)44/h1-20H. The lowest BCUT2D eigenvalue weighted by Gasteiger charge is -2.21. The van der Waals surface area contributed by atoms with E-state index in [1.807, 2.05) is 0 Å². The molecule has 50 heavy (non-hydrogen) atoms. The van der Waals surface area contributed by atoms with Gasteiger partial charge in [-0.05, 0) is 69.8 Å².